The van der Waals surface area contributed by atoms with Crippen LogP contribution in [0, 0.1) is 0 Å². The van der Waals surface area contributed by atoms with Gasteiger partial charge < -0.3 is 16.0 Å². The Morgan fingerprint density at radius 2 is 1.87 bits per heavy atom. The molecule has 2 aromatic carbocycles. The number of halogens is 2. The summed E-state index contributed by atoms with van der Waals surface area (Å²) in [6, 6.07) is 10.7. The van der Waals surface area contributed by atoms with Gasteiger partial charge in [-0.1, -0.05) is 48.3 Å². The minimum absolute atomic E-state index is 0.453. The maximum absolute atomic E-state index is 6.40. The number of aryl methyl sites for hydroxylation is 2. The lowest BCUT2D eigenvalue weighted by Gasteiger charge is -2.22. The number of unbranched alkanes of at least 4 members (excludes halogenated alkanes) is 2. The number of nitrogens with zero attached hydrogens (tertiary/aromatic N) is 2. The Hall–Kier alpha value is -1.88. The molecule has 6 heteroatoms. The summed E-state index contributed by atoms with van der Waals surface area (Å²) in [6.45, 7) is 8.09. The minimum atomic E-state index is 0.453. The van der Waals surface area contributed by atoms with Crippen LogP contribution in [0.25, 0.3) is 0 Å². The highest BCUT2D eigenvalue weighted by Gasteiger charge is 2.22. The molecule has 2 aliphatic rings. The van der Waals surface area contributed by atoms with Crippen molar-refractivity contribution in [3.63, 3.8) is 0 Å². The Kier molecular flexibility index (Phi) is 6.77. The second-order valence-electron chi connectivity index (χ2n) is 8.36. The van der Waals surface area contributed by atoms with E-state index in [1.165, 1.54) is 36.1 Å². The van der Waals surface area contributed by atoms with Crippen molar-refractivity contribution in [2.75, 3.05) is 42.3 Å². The molecule has 30 heavy (non-hydrogen) atoms. The molecule has 1 saturated heterocycles. The van der Waals surface area contributed by atoms with Gasteiger partial charge in [-0.25, -0.2) is 0 Å². The standard InChI is InChI=1S/C24H30Cl2N4/c1-17-6-8-19-9-7-18(15-21(19)28-17)5-3-2-4-12-29-13-14-30(16-29)22-11-10-20(27)23(25)24(22)26/h7,9-11,15,28H,1-6,8,12-14,16,27H2. The zero-order valence-corrected chi connectivity index (χ0v) is 18.9. The third-order valence-electron chi connectivity index (χ3n) is 6.11. The summed E-state index contributed by atoms with van der Waals surface area (Å²) >= 11 is 12.6. The molecule has 0 saturated carbocycles. The molecule has 3 N–H and O–H groups in total. The van der Waals surface area contributed by atoms with Crippen molar-refractivity contribution in [3.05, 3.63) is 63.8 Å². The number of hydrogen-bond acceptors (Lipinski definition) is 4. The highest BCUT2D eigenvalue weighted by Crippen LogP contribution is 2.37. The van der Waals surface area contributed by atoms with Crippen molar-refractivity contribution in [3.8, 4) is 0 Å². The van der Waals surface area contributed by atoms with E-state index in [4.69, 9.17) is 28.9 Å². The van der Waals surface area contributed by atoms with Gasteiger partial charge in [-0.05, 0) is 68.0 Å². The molecule has 0 unspecified atom stereocenters. The lowest BCUT2D eigenvalue weighted by molar-refractivity contribution is 0.331. The van der Waals surface area contributed by atoms with Crippen LogP contribution in [0.4, 0.5) is 17.1 Å². The van der Waals surface area contributed by atoms with Crippen LogP contribution in [-0.2, 0) is 12.8 Å². The van der Waals surface area contributed by atoms with Crippen LogP contribution in [0.3, 0.4) is 0 Å². The first-order valence-corrected chi connectivity index (χ1v) is 11.5. The molecule has 2 heterocycles. The number of anilines is 3. The smallest absolute Gasteiger partial charge is 0.0847 e. The largest absolute Gasteiger partial charge is 0.397 e. The van der Waals surface area contributed by atoms with Crippen molar-refractivity contribution >= 4 is 40.3 Å². The fourth-order valence-electron chi connectivity index (χ4n) is 4.32. The molecule has 4 nitrogen and oxygen atoms in total. The van der Waals surface area contributed by atoms with Crippen LogP contribution in [0.15, 0.2) is 42.6 Å². The van der Waals surface area contributed by atoms with Gasteiger partial charge in [-0.3, -0.25) is 4.90 Å². The van der Waals surface area contributed by atoms with Gasteiger partial charge in [0.05, 0.1) is 28.1 Å². The van der Waals surface area contributed by atoms with Gasteiger partial charge in [0.25, 0.3) is 0 Å². The third kappa shape index (κ3) is 4.88. The summed E-state index contributed by atoms with van der Waals surface area (Å²) < 4.78 is 0. The van der Waals surface area contributed by atoms with E-state index in [-0.39, 0.29) is 0 Å². The summed E-state index contributed by atoms with van der Waals surface area (Å²) in [4.78, 5) is 4.76. The molecule has 0 amide bonds. The second-order valence-corrected chi connectivity index (χ2v) is 9.11. The molecule has 4 rings (SSSR count). The molecule has 2 aromatic rings. The first kappa shape index (κ1) is 21.4. The lowest BCUT2D eigenvalue weighted by Crippen LogP contribution is -2.26. The number of nitrogen functional groups attached to an aromatic ring is 1. The van der Waals surface area contributed by atoms with Gasteiger partial charge in [0.15, 0.2) is 0 Å². The lowest BCUT2D eigenvalue weighted by atomic mass is 9.98. The van der Waals surface area contributed by atoms with E-state index < -0.39 is 0 Å². The predicted octanol–water partition coefficient (Wildman–Crippen LogP) is 5.94. The Balaban J connectivity index is 1.19. The van der Waals surface area contributed by atoms with Crippen molar-refractivity contribution < 1.29 is 0 Å². The van der Waals surface area contributed by atoms with E-state index in [9.17, 15) is 0 Å². The predicted molar refractivity (Wildman–Crippen MR) is 130 cm³/mol. The Labute approximate surface area is 189 Å². The maximum atomic E-state index is 6.40. The van der Waals surface area contributed by atoms with Gasteiger partial charge in [-0.15, -0.1) is 0 Å². The van der Waals surface area contributed by atoms with Crippen LogP contribution >= 0.6 is 23.2 Å². The van der Waals surface area contributed by atoms with Gasteiger partial charge in [0, 0.05) is 24.5 Å². The number of hydrogen-bond donors (Lipinski definition) is 2. The Morgan fingerprint density at radius 3 is 2.73 bits per heavy atom. The normalized spacial score (nSPS) is 16.6. The number of nitrogens with one attached hydrogen (secondary N) is 1. The molecule has 0 atom stereocenters. The highest BCUT2D eigenvalue weighted by molar-refractivity contribution is 6.45. The van der Waals surface area contributed by atoms with Crippen molar-refractivity contribution in [2.24, 2.45) is 0 Å². The van der Waals surface area contributed by atoms with Crippen LogP contribution in [0.2, 0.25) is 10.0 Å². The average molecular weight is 445 g/mol. The van der Waals surface area contributed by atoms with Gasteiger partial charge in [-0.2, -0.15) is 0 Å². The number of allylic oxidation sites excluding steroid dienone is 1. The number of nitrogens with two attached hydrogens (primary N) is 1. The zero-order valence-electron chi connectivity index (χ0n) is 17.4. The molecule has 1 fully saturated rings. The molecule has 160 valence electrons. The summed E-state index contributed by atoms with van der Waals surface area (Å²) in [5.41, 5.74) is 12.5. The molecule has 0 spiro atoms. The van der Waals surface area contributed by atoms with E-state index in [0.717, 1.165) is 56.9 Å². The monoisotopic (exact) mass is 444 g/mol. The van der Waals surface area contributed by atoms with Crippen LogP contribution < -0.4 is 16.0 Å². The molecular formula is C24H30Cl2N4. The number of benzene rings is 2. The topological polar surface area (TPSA) is 44.5 Å². The molecule has 0 radical (unpaired) electrons. The SMILES string of the molecule is C=C1CCc2ccc(CCCCCN3CCN(c4ccc(N)c(Cl)c4Cl)C3)cc2N1. The van der Waals surface area contributed by atoms with Crippen LogP contribution in [-0.4, -0.2) is 31.2 Å². The number of fused-ring (bicyclic) bond motifs is 1. The Bertz CT molecular complexity index is 928. The maximum Gasteiger partial charge on any atom is 0.0847 e. The van der Waals surface area contributed by atoms with E-state index in [1.807, 2.05) is 12.1 Å². The average Bonchev–Trinajstić information content (AvgIpc) is 3.20. The molecular weight excluding hydrogens is 415 g/mol. The summed E-state index contributed by atoms with van der Waals surface area (Å²) in [6.07, 6.45) is 6.94. The highest BCUT2D eigenvalue weighted by atomic mass is 35.5. The molecule has 0 bridgehead atoms. The van der Waals surface area contributed by atoms with Crippen molar-refractivity contribution in [2.45, 2.75) is 38.5 Å². The van der Waals surface area contributed by atoms with Crippen molar-refractivity contribution in [1.82, 2.24) is 4.90 Å². The quantitative estimate of drug-likeness (QED) is 0.409. The molecule has 0 aromatic heterocycles. The van der Waals surface area contributed by atoms with Gasteiger partial charge in [0.1, 0.15) is 0 Å². The van der Waals surface area contributed by atoms with Gasteiger partial charge >= 0.3 is 0 Å². The molecule has 0 aliphatic carbocycles. The van der Waals surface area contributed by atoms with Crippen molar-refractivity contribution in [1.29, 1.82) is 0 Å². The zero-order chi connectivity index (χ0) is 21.1. The van der Waals surface area contributed by atoms with E-state index in [2.05, 4.69) is 39.9 Å². The minimum Gasteiger partial charge on any atom is -0.397 e. The summed E-state index contributed by atoms with van der Waals surface area (Å²) in [7, 11) is 0. The fourth-order valence-corrected chi connectivity index (χ4v) is 4.77. The first-order chi connectivity index (χ1) is 14.5. The fraction of sp³-hybridized carbons (Fsp3) is 0.417. The van der Waals surface area contributed by atoms with Crippen LogP contribution in [0.1, 0.15) is 36.8 Å². The molecule has 2 aliphatic heterocycles. The van der Waals surface area contributed by atoms with E-state index >= 15 is 0 Å². The van der Waals surface area contributed by atoms with E-state index in [0.29, 0.717) is 15.7 Å². The summed E-state index contributed by atoms with van der Waals surface area (Å²) in [5.74, 6) is 0. The first-order valence-electron chi connectivity index (χ1n) is 10.8. The van der Waals surface area contributed by atoms with Gasteiger partial charge in [0.2, 0.25) is 0 Å². The third-order valence-corrected chi connectivity index (χ3v) is 7.00. The second kappa shape index (κ2) is 9.51. The number of rotatable bonds is 7. The van der Waals surface area contributed by atoms with Crippen LogP contribution in [0.5, 0.6) is 0 Å². The van der Waals surface area contributed by atoms with E-state index in [1.54, 1.807) is 0 Å². The Morgan fingerprint density at radius 1 is 1.00 bits per heavy atom. The summed E-state index contributed by atoms with van der Waals surface area (Å²) in [5, 5.41) is 4.45.